The molecule has 0 radical (unpaired) electrons. The molecule has 0 saturated heterocycles. The van der Waals surface area contributed by atoms with Crippen LogP contribution in [0.5, 0.6) is 5.75 Å². The maximum Gasteiger partial charge on any atom is 0.282 e. The van der Waals surface area contributed by atoms with E-state index in [-0.39, 0.29) is 0 Å². The quantitative estimate of drug-likeness (QED) is 0.374. The average molecular weight is 221 g/mol. The number of imide groups is 1. The summed E-state index contributed by atoms with van der Waals surface area (Å²) < 4.78 is 0. The van der Waals surface area contributed by atoms with Gasteiger partial charge in [-0.3, -0.25) is 24.6 Å². The minimum absolute atomic E-state index is 0.412. The Hall–Kier alpha value is -2.44. The minimum atomic E-state index is -0.815. The largest absolute Gasteiger partial charge is 0.872 e. The fourth-order valence-electron chi connectivity index (χ4n) is 1.58. The van der Waals surface area contributed by atoms with Crippen molar-refractivity contribution in [1.82, 2.24) is 4.90 Å². The number of rotatable bonds is 1. The molecule has 7 heteroatoms. The van der Waals surface area contributed by atoms with Crippen molar-refractivity contribution in [2.45, 2.75) is 0 Å². The summed E-state index contributed by atoms with van der Waals surface area (Å²) in [6.07, 6.45) is 0. The van der Waals surface area contributed by atoms with Gasteiger partial charge in [0.25, 0.3) is 17.5 Å². The monoisotopic (exact) mass is 221 g/mol. The number of nitro benzene ring substituents is 1. The second-order valence-electron chi connectivity index (χ2n) is 3.26. The molecular weight excluding hydrogens is 216 g/mol. The third-order valence-corrected chi connectivity index (χ3v) is 2.38. The number of amides is 2. The molecule has 1 aliphatic rings. The van der Waals surface area contributed by atoms with Gasteiger partial charge >= 0.3 is 0 Å². The van der Waals surface area contributed by atoms with Crippen molar-refractivity contribution in [2.24, 2.45) is 0 Å². The summed E-state index contributed by atoms with van der Waals surface area (Å²) >= 11 is 0. The van der Waals surface area contributed by atoms with Crippen molar-refractivity contribution >= 4 is 17.5 Å². The predicted octanol–water partition coefficient (Wildman–Crippen LogP) is -0.106. The Morgan fingerprint density at radius 3 is 2.31 bits per heavy atom. The molecular formula is C9H5N2O5-. The first kappa shape index (κ1) is 10.1. The molecule has 0 saturated carbocycles. The summed E-state index contributed by atoms with van der Waals surface area (Å²) in [5, 5.41) is 22.0. The zero-order valence-corrected chi connectivity index (χ0v) is 8.09. The van der Waals surface area contributed by atoms with E-state index in [4.69, 9.17) is 0 Å². The molecule has 1 aliphatic heterocycles. The lowest BCUT2D eigenvalue weighted by Gasteiger charge is -2.09. The molecule has 0 aromatic heterocycles. The van der Waals surface area contributed by atoms with Gasteiger partial charge in [0.15, 0.2) is 0 Å². The van der Waals surface area contributed by atoms with Crippen LogP contribution in [-0.2, 0) is 0 Å². The summed E-state index contributed by atoms with van der Waals surface area (Å²) in [5.41, 5.74) is -1.34. The second kappa shape index (κ2) is 3.02. The zero-order chi connectivity index (χ0) is 12.0. The van der Waals surface area contributed by atoms with Crippen molar-refractivity contribution in [3.05, 3.63) is 33.4 Å². The Morgan fingerprint density at radius 1 is 1.19 bits per heavy atom. The Morgan fingerprint density at radius 2 is 1.75 bits per heavy atom. The Balaban J connectivity index is 2.82. The van der Waals surface area contributed by atoms with E-state index in [0.717, 1.165) is 12.1 Å². The average Bonchev–Trinajstić information content (AvgIpc) is 2.45. The van der Waals surface area contributed by atoms with Gasteiger partial charge in [0.05, 0.1) is 10.5 Å². The third-order valence-electron chi connectivity index (χ3n) is 2.38. The number of hydrogen-bond acceptors (Lipinski definition) is 5. The summed E-state index contributed by atoms with van der Waals surface area (Å²) in [6, 6.07) is 1.85. The zero-order valence-electron chi connectivity index (χ0n) is 8.09. The lowest BCUT2D eigenvalue weighted by atomic mass is 10.1. The van der Waals surface area contributed by atoms with Crippen LogP contribution in [0.2, 0.25) is 0 Å². The minimum Gasteiger partial charge on any atom is -0.872 e. The predicted molar refractivity (Wildman–Crippen MR) is 49.0 cm³/mol. The molecule has 0 fully saturated rings. The fourth-order valence-corrected chi connectivity index (χ4v) is 1.58. The number of fused-ring (bicyclic) bond motifs is 1. The van der Waals surface area contributed by atoms with E-state index in [0.29, 0.717) is 4.90 Å². The highest BCUT2D eigenvalue weighted by Crippen LogP contribution is 2.34. The van der Waals surface area contributed by atoms with Gasteiger partial charge in [-0.25, -0.2) is 0 Å². The highest BCUT2D eigenvalue weighted by atomic mass is 16.6. The standard InChI is InChI=1S/C9H6N2O5/c1-10-8(13)6-4(11(15)16)2-3-5(12)7(6)9(10)14/h2-3,12H,1H3/p-1. The Bertz CT molecular complexity index is 537. The molecule has 82 valence electrons. The first-order valence-corrected chi connectivity index (χ1v) is 4.26. The van der Waals surface area contributed by atoms with Crippen molar-refractivity contribution in [3.63, 3.8) is 0 Å². The van der Waals surface area contributed by atoms with Crippen LogP contribution in [-0.4, -0.2) is 28.7 Å². The van der Waals surface area contributed by atoms with E-state index in [1.54, 1.807) is 0 Å². The molecule has 2 rings (SSSR count). The Labute approximate surface area is 89.1 Å². The van der Waals surface area contributed by atoms with Gasteiger partial charge in [-0.2, -0.15) is 0 Å². The molecule has 0 unspecified atom stereocenters. The SMILES string of the molecule is CN1C(=O)c2c([O-])ccc([N+](=O)[O-])c2C1=O. The van der Waals surface area contributed by atoms with Crippen molar-refractivity contribution in [2.75, 3.05) is 7.05 Å². The van der Waals surface area contributed by atoms with Crippen molar-refractivity contribution in [1.29, 1.82) is 0 Å². The van der Waals surface area contributed by atoms with Crippen LogP contribution in [0.3, 0.4) is 0 Å². The van der Waals surface area contributed by atoms with E-state index in [1.165, 1.54) is 7.05 Å². The maximum atomic E-state index is 11.5. The highest BCUT2D eigenvalue weighted by molar-refractivity contribution is 6.24. The van der Waals surface area contributed by atoms with Gasteiger partial charge in [-0.15, -0.1) is 0 Å². The van der Waals surface area contributed by atoms with E-state index >= 15 is 0 Å². The van der Waals surface area contributed by atoms with Crippen LogP contribution in [0.4, 0.5) is 5.69 Å². The number of carbonyl (C=O) groups is 2. The smallest absolute Gasteiger partial charge is 0.282 e. The van der Waals surface area contributed by atoms with Crippen LogP contribution in [0.1, 0.15) is 20.7 Å². The van der Waals surface area contributed by atoms with Gasteiger partial charge in [0.1, 0.15) is 5.56 Å². The first-order valence-electron chi connectivity index (χ1n) is 4.26. The van der Waals surface area contributed by atoms with E-state index in [2.05, 4.69) is 0 Å². The number of nitro groups is 1. The van der Waals surface area contributed by atoms with Crippen molar-refractivity contribution in [3.8, 4) is 5.75 Å². The number of benzene rings is 1. The molecule has 0 N–H and O–H groups in total. The van der Waals surface area contributed by atoms with Crippen LogP contribution in [0.15, 0.2) is 12.1 Å². The molecule has 0 aliphatic carbocycles. The normalized spacial score (nSPS) is 14.2. The molecule has 1 aromatic carbocycles. The fraction of sp³-hybridized carbons (Fsp3) is 0.111. The summed E-state index contributed by atoms with van der Waals surface area (Å²) in [6.45, 7) is 0. The number of carbonyl (C=O) groups excluding carboxylic acids is 2. The molecule has 7 nitrogen and oxygen atoms in total. The van der Waals surface area contributed by atoms with Gasteiger partial charge in [0, 0.05) is 13.1 Å². The molecule has 0 spiro atoms. The molecule has 0 bridgehead atoms. The van der Waals surface area contributed by atoms with Gasteiger partial charge in [0.2, 0.25) is 0 Å². The Kier molecular flexibility index (Phi) is 1.91. The van der Waals surface area contributed by atoms with Crippen LogP contribution in [0.25, 0.3) is 0 Å². The van der Waals surface area contributed by atoms with E-state index < -0.39 is 39.3 Å². The summed E-state index contributed by atoms with van der Waals surface area (Å²) in [7, 11) is 1.17. The van der Waals surface area contributed by atoms with Gasteiger partial charge < -0.3 is 5.11 Å². The summed E-state index contributed by atoms with van der Waals surface area (Å²) in [4.78, 5) is 33.6. The van der Waals surface area contributed by atoms with Crippen LogP contribution < -0.4 is 5.11 Å². The molecule has 1 aromatic rings. The third kappa shape index (κ3) is 1.08. The van der Waals surface area contributed by atoms with Gasteiger partial charge in [-0.1, -0.05) is 11.8 Å². The number of hydrogen-bond donors (Lipinski definition) is 0. The van der Waals surface area contributed by atoms with Crippen LogP contribution in [0, 0.1) is 10.1 Å². The summed E-state index contributed by atoms with van der Waals surface area (Å²) in [5.74, 6) is -2.29. The first-order chi connectivity index (χ1) is 7.45. The van der Waals surface area contributed by atoms with E-state index in [9.17, 15) is 24.8 Å². The van der Waals surface area contributed by atoms with Crippen molar-refractivity contribution < 1.29 is 19.6 Å². The lowest BCUT2D eigenvalue weighted by molar-refractivity contribution is -0.385. The van der Waals surface area contributed by atoms with E-state index in [1.807, 2.05) is 0 Å². The molecule has 1 heterocycles. The maximum absolute atomic E-state index is 11.5. The van der Waals surface area contributed by atoms with Gasteiger partial charge in [-0.05, 0) is 0 Å². The lowest BCUT2D eigenvalue weighted by Crippen LogP contribution is -2.24. The number of nitrogens with zero attached hydrogens (tertiary/aromatic N) is 2. The molecule has 0 atom stereocenters. The second-order valence-corrected chi connectivity index (χ2v) is 3.26. The molecule has 2 amide bonds. The topological polar surface area (TPSA) is 104 Å². The highest BCUT2D eigenvalue weighted by Gasteiger charge is 2.39. The molecule has 16 heavy (non-hydrogen) atoms. The van der Waals surface area contributed by atoms with Crippen LogP contribution >= 0.6 is 0 Å².